The molecule has 2 heterocycles. The summed E-state index contributed by atoms with van der Waals surface area (Å²) >= 11 is 12.2. The molecule has 3 aromatic rings. The topological polar surface area (TPSA) is 42.4 Å². The molecular formula is C23H20Cl2N2O2. The van der Waals surface area contributed by atoms with Gasteiger partial charge in [0, 0.05) is 35.9 Å². The highest BCUT2D eigenvalue weighted by Gasteiger charge is 2.42. The Morgan fingerprint density at radius 2 is 1.45 bits per heavy atom. The molecule has 29 heavy (non-hydrogen) atoms. The van der Waals surface area contributed by atoms with E-state index in [0.717, 1.165) is 16.7 Å². The van der Waals surface area contributed by atoms with Crippen molar-refractivity contribution in [1.29, 1.82) is 0 Å². The fraction of sp³-hybridized carbons (Fsp3) is 0.217. The first-order chi connectivity index (χ1) is 14.0. The summed E-state index contributed by atoms with van der Waals surface area (Å²) in [4.78, 5) is 19.0. The first-order valence-electron chi connectivity index (χ1n) is 9.35. The van der Waals surface area contributed by atoms with Gasteiger partial charge in [0.1, 0.15) is 12.2 Å². The van der Waals surface area contributed by atoms with Crippen LogP contribution >= 0.6 is 23.2 Å². The molecule has 3 atom stereocenters. The minimum Gasteiger partial charge on any atom is -0.358 e. The van der Waals surface area contributed by atoms with E-state index in [4.69, 9.17) is 27.9 Å². The van der Waals surface area contributed by atoms with Gasteiger partial charge in [0.25, 0.3) is 5.91 Å². The van der Waals surface area contributed by atoms with Gasteiger partial charge in [-0.2, -0.15) is 0 Å². The van der Waals surface area contributed by atoms with Gasteiger partial charge in [-0.05, 0) is 53.1 Å². The molecule has 1 aromatic heterocycles. The second kappa shape index (κ2) is 8.54. The third-order valence-corrected chi connectivity index (χ3v) is 5.72. The molecule has 1 amide bonds. The van der Waals surface area contributed by atoms with E-state index < -0.39 is 6.10 Å². The summed E-state index contributed by atoms with van der Waals surface area (Å²) < 4.78 is 6.41. The fourth-order valence-corrected chi connectivity index (χ4v) is 3.97. The molecule has 2 aromatic carbocycles. The van der Waals surface area contributed by atoms with Crippen LogP contribution in [0.5, 0.6) is 0 Å². The lowest BCUT2D eigenvalue weighted by molar-refractivity contribution is -0.171. The van der Waals surface area contributed by atoms with Crippen LogP contribution in [0.4, 0.5) is 0 Å². The number of ether oxygens (including phenoxy) is 1. The monoisotopic (exact) mass is 426 g/mol. The first-order valence-corrected chi connectivity index (χ1v) is 10.1. The third kappa shape index (κ3) is 4.30. The number of likely N-dealkylation sites (N-methyl/N-ethyl adjacent to an activating group) is 1. The molecule has 0 aliphatic carbocycles. The quantitative estimate of drug-likeness (QED) is 0.570. The van der Waals surface area contributed by atoms with E-state index >= 15 is 0 Å². The molecule has 148 valence electrons. The number of aromatic nitrogens is 1. The van der Waals surface area contributed by atoms with Gasteiger partial charge < -0.3 is 9.64 Å². The lowest BCUT2D eigenvalue weighted by Crippen LogP contribution is -2.49. The molecule has 1 aliphatic rings. The van der Waals surface area contributed by atoms with E-state index in [1.54, 1.807) is 17.3 Å². The summed E-state index contributed by atoms with van der Waals surface area (Å²) in [5, 5.41) is 1.31. The third-order valence-electron chi connectivity index (χ3n) is 5.22. The molecule has 2 unspecified atom stereocenters. The maximum Gasteiger partial charge on any atom is 0.252 e. The molecule has 0 saturated carbocycles. The van der Waals surface area contributed by atoms with Crippen LogP contribution in [-0.4, -0.2) is 28.9 Å². The number of carbonyl (C=O) groups excluding carboxylic acids is 1. The van der Waals surface area contributed by atoms with Crippen LogP contribution in [0.2, 0.25) is 10.0 Å². The van der Waals surface area contributed by atoms with Gasteiger partial charge in [-0.3, -0.25) is 9.78 Å². The molecule has 1 aliphatic heterocycles. The molecular weight excluding hydrogens is 407 g/mol. The Kier molecular flexibility index (Phi) is 5.86. The number of pyridine rings is 1. The predicted octanol–water partition coefficient (Wildman–Crippen LogP) is 5.27. The number of rotatable bonds is 4. The summed E-state index contributed by atoms with van der Waals surface area (Å²) in [6, 6.07) is 18.6. The van der Waals surface area contributed by atoms with Crippen molar-refractivity contribution in [2.75, 3.05) is 7.05 Å². The van der Waals surface area contributed by atoms with E-state index in [1.165, 1.54) is 0 Å². The predicted molar refractivity (Wildman–Crippen MR) is 114 cm³/mol. The van der Waals surface area contributed by atoms with E-state index in [1.807, 2.05) is 67.7 Å². The largest absolute Gasteiger partial charge is 0.358 e. The van der Waals surface area contributed by atoms with Crippen LogP contribution in [0, 0.1) is 0 Å². The second-order valence-corrected chi connectivity index (χ2v) is 7.97. The smallest absolute Gasteiger partial charge is 0.252 e. The van der Waals surface area contributed by atoms with Crippen molar-refractivity contribution in [3.8, 4) is 0 Å². The van der Waals surface area contributed by atoms with Crippen molar-refractivity contribution in [2.45, 2.75) is 24.7 Å². The lowest BCUT2D eigenvalue weighted by atomic mass is 9.91. The number of hydrogen-bond donors (Lipinski definition) is 0. The highest BCUT2D eigenvalue weighted by atomic mass is 35.5. The standard InChI is InChI=1S/C23H20Cl2N2O2/c1-27-21(16-2-6-18(24)7-3-16)22(17-4-8-19(25)9-5-17)29-20(23(27)28)14-15-10-12-26-13-11-15/h2-13,20-22H,14H2,1H3/t20?,21?,22-/m0/s1. The van der Waals surface area contributed by atoms with Crippen LogP contribution < -0.4 is 0 Å². The molecule has 0 bridgehead atoms. The van der Waals surface area contributed by atoms with Crippen molar-refractivity contribution in [3.63, 3.8) is 0 Å². The van der Waals surface area contributed by atoms with Crippen molar-refractivity contribution in [1.82, 2.24) is 9.88 Å². The maximum absolute atomic E-state index is 13.1. The number of hydrogen-bond acceptors (Lipinski definition) is 3. The maximum atomic E-state index is 13.1. The number of nitrogens with zero attached hydrogens (tertiary/aromatic N) is 2. The Hall–Kier alpha value is -2.40. The minimum atomic E-state index is -0.577. The zero-order valence-electron chi connectivity index (χ0n) is 15.8. The van der Waals surface area contributed by atoms with Crippen LogP contribution in [0.15, 0.2) is 73.1 Å². The Balaban J connectivity index is 1.71. The van der Waals surface area contributed by atoms with Gasteiger partial charge in [-0.1, -0.05) is 47.5 Å². The van der Waals surface area contributed by atoms with Crippen molar-refractivity contribution >= 4 is 29.1 Å². The molecule has 0 spiro atoms. The van der Waals surface area contributed by atoms with Crippen molar-refractivity contribution in [2.24, 2.45) is 0 Å². The summed E-state index contributed by atoms with van der Waals surface area (Å²) in [5.74, 6) is -0.0491. The molecule has 0 N–H and O–H groups in total. The SMILES string of the molecule is CN1C(=O)C(Cc2ccncc2)O[C@@H](c2ccc(Cl)cc2)C1c1ccc(Cl)cc1. The Bertz CT molecular complexity index is 978. The summed E-state index contributed by atoms with van der Waals surface area (Å²) in [7, 11) is 1.83. The van der Waals surface area contributed by atoms with Gasteiger partial charge in [-0.25, -0.2) is 0 Å². The molecule has 1 fully saturated rings. The zero-order chi connectivity index (χ0) is 20.4. The molecule has 0 radical (unpaired) electrons. The van der Waals surface area contributed by atoms with Gasteiger partial charge >= 0.3 is 0 Å². The summed E-state index contributed by atoms with van der Waals surface area (Å²) in [6.45, 7) is 0. The summed E-state index contributed by atoms with van der Waals surface area (Å²) in [6.07, 6.45) is 3.02. The van der Waals surface area contributed by atoms with E-state index in [2.05, 4.69) is 4.98 Å². The lowest BCUT2D eigenvalue weighted by Gasteiger charge is -2.43. The Labute approximate surface area is 180 Å². The minimum absolute atomic E-state index is 0.0491. The first kappa shape index (κ1) is 19.9. The van der Waals surface area contributed by atoms with Gasteiger partial charge in [0.2, 0.25) is 0 Å². The molecule has 1 saturated heterocycles. The average molecular weight is 427 g/mol. The van der Waals surface area contributed by atoms with E-state index in [9.17, 15) is 4.79 Å². The van der Waals surface area contributed by atoms with Crippen LogP contribution in [0.1, 0.15) is 28.8 Å². The summed E-state index contributed by atoms with van der Waals surface area (Å²) in [5.41, 5.74) is 2.94. The second-order valence-electron chi connectivity index (χ2n) is 7.10. The van der Waals surface area contributed by atoms with Crippen molar-refractivity contribution in [3.05, 3.63) is 99.8 Å². The van der Waals surface area contributed by atoms with E-state index in [0.29, 0.717) is 16.5 Å². The van der Waals surface area contributed by atoms with Crippen LogP contribution in [0.3, 0.4) is 0 Å². The van der Waals surface area contributed by atoms with Crippen molar-refractivity contribution < 1.29 is 9.53 Å². The molecule has 4 rings (SSSR count). The number of morpholine rings is 1. The van der Waals surface area contributed by atoms with Crippen LogP contribution in [-0.2, 0) is 16.0 Å². The molecule has 6 heteroatoms. The average Bonchev–Trinajstić information content (AvgIpc) is 2.74. The van der Waals surface area contributed by atoms with E-state index in [-0.39, 0.29) is 18.1 Å². The normalized spacial score (nSPS) is 22.0. The fourth-order valence-electron chi connectivity index (χ4n) is 3.72. The molecule has 4 nitrogen and oxygen atoms in total. The van der Waals surface area contributed by atoms with Crippen LogP contribution in [0.25, 0.3) is 0 Å². The highest BCUT2D eigenvalue weighted by Crippen LogP contribution is 2.42. The number of benzene rings is 2. The Morgan fingerprint density at radius 3 is 2.03 bits per heavy atom. The zero-order valence-corrected chi connectivity index (χ0v) is 17.3. The number of amides is 1. The van der Waals surface area contributed by atoms with Gasteiger partial charge in [0.05, 0.1) is 6.04 Å². The number of carbonyl (C=O) groups is 1. The Morgan fingerprint density at radius 1 is 0.897 bits per heavy atom. The highest BCUT2D eigenvalue weighted by molar-refractivity contribution is 6.30. The van der Waals surface area contributed by atoms with Gasteiger partial charge in [-0.15, -0.1) is 0 Å². The van der Waals surface area contributed by atoms with Gasteiger partial charge in [0.15, 0.2) is 0 Å². The number of halogens is 2.